The summed E-state index contributed by atoms with van der Waals surface area (Å²) in [6.45, 7) is 2.92. The Morgan fingerprint density at radius 1 is 1.08 bits per heavy atom. The number of benzene rings is 2. The Bertz CT molecular complexity index is 1510. The molecule has 0 saturated carbocycles. The number of nitrogens with zero attached hydrogens (tertiary/aromatic N) is 4. The summed E-state index contributed by atoms with van der Waals surface area (Å²) < 4.78 is 26.0. The van der Waals surface area contributed by atoms with Crippen molar-refractivity contribution < 1.29 is 23.5 Å². The first-order chi connectivity index (χ1) is 18.4. The van der Waals surface area contributed by atoms with Gasteiger partial charge in [-0.1, -0.05) is 0 Å². The van der Waals surface area contributed by atoms with E-state index in [4.69, 9.17) is 9.47 Å². The number of aryl methyl sites for hydroxylation is 1. The molecule has 2 aromatic carbocycles. The lowest BCUT2D eigenvalue weighted by atomic mass is 9.96. The van der Waals surface area contributed by atoms with Gasteiger partial charge in [-0.2, -0.15) is 0 Å². The van der Waals surface area contributed by atoms with Crippen LogP contribution in [0.3, 0.4) is 0 Å². The van der Waals surface area contributed by atoms with E-state index in [-0.39, 0.29) is 23.5 Å². The largest absolute Gasteiger partial charge is 0.494 e. The third-order valence-corrected chi connectivity index (χ3v) is 6.91. The average molecular weight is 518 g/mol. The highest BCUT2D eigenvalue weighted by Gasteiger charge is 2.29. The van der Waals surface area contributed by atoms with Crippen LogP contribution in [0.1, 0.15) is 28.8 Å². The fraction of sp³-hybridized carbons (Fsp3) is 0.286. The molecule has 1 N–H and O–H groups in total. The van der Waals surface area contributed by atoms with Gasteiger partial charge in [-0.25, -0.2) is 14.4 Å². The lowest BCUT2D eigenvalue weighted by Gasteiger charge is -2.31. The van der Waals surface area contributed by atoms with Crippen molar-refractivity contribution >= 4 is 29.0 Å². The fourth-order valence-corrected chi connectivity index (χ4v) is 4.82. The van der Waals surface area contributed by atoms with E-state index in [1.165, 1.54) is 20.3 Å². The van der Waals surface area contributed by atoms with Crippen LogP contribution in [0.5, 0.6) is 5.75 Å². The molecule has 4 aromatic rings. The first-order valence-electron chi connectivity index (χ1n) is 12.3. The summed E-state index contributed by atoms with van der Waals surface area (Å²) in [4.78, 5) is 35.7. The molecule has 0 atom stereocenters. The number of nitrogens with one attached hydrogen (secondary N) is 1. The maximum atomic E-state index is 14.3. The average Bonchev–Trinajstić information content (AvgIpc) is 3.38. The third kappa shape index (κ3) is 4.77. The minimum absolute atomic E-state index is 0.0535. The number of piperidine rings is 1. The number of imidazole rings is 1. The topological polar surface area (TPSA) is 98.1 Å². The monoisotopic (exact) mass is 517 g/mol. The Kier molecular flexibility index (Phi) is 6.95. The highest BCUT2D eigenvalue weighted by atomic mass is 19.1. The van der Waals surface area contributed by atoms with Gasteiger partial charge in [0.15, 0.2) is 23.0 Å². The number of esters is 1. The van der Waals surface area contributed by atoms with Crippen LogP contribution in [-0.2, 0) is 9.53 Å². The predicted molar refractivity (Wildman–Crippen MR) is 140 cm³/mol. The van der Waals surface area contributed by atoms with E-state index >= 15 is 0 Å². The van der Waals surface area contributed by atoms with Gasteiger partial charge in [0, 0.05) is 42.3 Å². The maximum Gasteiger partial charge on any atom is 0.308 e. The molecule has 10 heteroatoms. The van der Waals surface area contributed by atoms with E-state index in [0.717, 1.165) is 11.3 Å². The molecule has 0 unspecified atom stereocenters. The Hall–Kier alpha value is -4.47. The van der Waals surface area contributed by atoms with Gasteiger partial charge in [0.1, 0.15) is 0 Å². The van der Waals surface area contributed by atoms with Crippen LogP contribution >= 0.6 is 0 Å². The molecular formula is C28H28FN5O4. The molecule has 1 saturated heterocycles. The Balaban J connectivity index is 1.34. The fourth-order valence-electron chi connectivity index (χ4n) is 4.82. The summed E-state index contributed by atoms with van der Waals surface area (Å²) in [5, 5.41) is 3.29. The van der Waals surface area contributed by atoms with Gasteiger partial charge in [-0.15, -0.1) is 0 Å². The molecule has 3 heterocycles. The van der Waals surface area contributed by atoms with Crippen LogP contribution in [0, 0.1) is 18.7 Å². The third-order valence-electron chi connectivity index (χ3n) is 6.91. The van der Waals surface area contributed by atoms with Crippen molar-refractivity contribution in [1.82, 2.24) is 19.3 Å². The zero-order chi connectivity index (χ0) is 26.8. The number of hydrogen-bond acceptors (Lipinski definition) is 7. The number of aromatic nitrogens is 3. The van der Waals surface area contributed by atoms with E-state index in [9.17, 15) is 14.0 Å². The molecule has 0 radical (unpaired) electrons. The summed E-state index contributed by atoms with van der Waals surface area (Å²) in [5.74, 6) is -0.176. The summed E-state index contributed by atoms with van der Waals surface area (Å²) in [6, 6.07) is 10.3. The summed E-state index contributed by atoms with van der Waals surface area (Å²) in [7, 11) is 2.82. The number of halogens is 1. The number of methoxy groups -OCH3 is 2. The summed E-state index contributed by atoms with van der Waals surface area (Å²) in [6.07, 6.45) is 6.27. The highest BCUT2D eigenvalue weighted by Crippen LogP contribution is 2.29. The van der Waals surface area contributed by atoms with E-state index in [0.29, 0.717) is 54.2 Å². The number of carbonyl (C=O) groups excluding carboxylic acids is 2. The minimum Gasteiger partial charge on any atom is -0.494 e. The number of carbonyl (C=O) groups is 2. The first-order valence-corrected chi connectivity index (χ1v) is 12.3. The van der Waals surface area contributed by atoms with Gasteiger partial charge < -0.3 is 19.7 Å². The number of hydrogen-bond donors (Lipinski definition) is 1. The van der Waals surface area contributed by atoms with E-state index in [2.05, 4.69) is 15.3 Å². The Morgan fingerprint density at radius 3 is 2.55 bits per heavy atom. The predicted octanol–water partition coefficient (Wildman–Crippen LogP) is 4.62. The Labute approximate surface area is 219 Å². The van der Waals surface area contributed by atoms with Crippen molar-refractivity contribution in [2.45, 2.75) is 19.8 Å². The molecule has 0 bridgehead atoms. The van der Waals surface area contributed by atoms with Crippen LogP contribution in [0.2, 0.25) is 0 Å². The standard InChI is InChI=1S/C28H28FN5O4/c1-17-14-20(5-6-21(17)27(35)33-11-8-18(9-12-33)28(36)38-3)32-25-26-31-16-23(34(26)13-10-30-25)19-4-7-24(37-2)22(29)15-19/h4-7,10,13-16,18H,8-9,11-12H2,1-3H3,(H,30,32). The van der Waals surface area contributed by atoms with Crippen molar-refractivity contribution in [2.24, 2.45) is 5.92 Å². The van der Waals surface area contributed by atoms with Crippen molar-refractivity contribution in [3.05, 3.63) is 71.9 Å². The van der Waals surface area contributed by atoms with Gasteiger partial charge in [-0.3, -0.25) is 14.0 Å². The molecule has 5 rings (SSSR count). The van der Waals surface area contributed by atoms with Crippen LogP contribution < -0.4 is 10.1 Å². The molecule has 0 spiro atoms. The van der Waals surface area contributed by atoms with Crippen molar-refractivity contribution in [3.63, 3.8) is 0 Å². The second-order valence-corrected chi connectivity index (χ2v) is 9.21. The van der Waals surface area contributed by atoms with Gasteiger partial charge in [0.2, 0.25) is 0 Å². The molecule has 1 fully saturated rings. The lowest BCUT2D eigenvalue weighted by molar-refractivity contribution is -0.146. The number of likely N-dealkylation sites (tertiary alicyclic amines) is 1. The van der Waals surface area contributed by atoms with Gasteiger partial charge in [-0.05, 0) is 61.7 Å². The summed E-state index contributed by atoms with van der Waals surface area (Å²) in [5.41, 5.74) is 4.12. The van der Waals surface area contributed by atoms with E-state index in [1.807, 2.05) is 23.5 Å². The van der Waals surface area contributed by atoms with Crippen molar-refractivity contribution in [3.8, 4) is 17.0 Å². The number of rotatable bonds is 6. The van der Waals surface area contributed by atoms with E-state index in [1.54, 1.807) is 41.7 Å². The normalized spacial score (nSPS) is 13.9. The first kappa shape index (κ1) is 25.2. The van der Waals surface area contributed by atoms with Crippen LogP contribution in [0.4, 0.5) is 15.9 Å². The molecule has 0 aliphatic carbocycles. The second-order valence-electron chi connectivity index (χ2n) is 9.21. The minimum atomic E-state index is -0.453. The molecule has 1 aliphatic rings. The van der Waals surface area contributed by atoms with Crippen LogP contribution in [0.15, 0.2) is 55.0 Å². The molecule has 196 valence electrons. The van der Waals surface area contributed by atoms with E-state index < -0.39 is 5.82 Å². The van der Waals surface area contributed by atoms with Crippen molar-refractivity contribution in [2.75, 3.05) is 32.6 Å². The number of amides is 1. The highest BCUT2D eigenvalue weighted by molar-refractivity contribution is 5.96. The molecule has 2 aromatic heterocycles. The van der Waals surface area contributed by atoms with Gasteiger partial charge >= 0.3 is 5.97 Å². The number of anilines is 2. The molecular weight excluding hydrogens is 489 g/mol. The zero-order valence-electron chi connectivity index (χ0n) is 21.4. The zero-order valence-corrected chi connectivity index (χ0v) is 21.4. The molecule has 9 nitrogen and oxygen atoms in total. The van der Waals surface area contributed by atoms with Crippen LogP contribution in [-0.4, -0.2) is 58.5 Å². The van der Waals surface area contributed by atoms with Gasteiger partial charge in [0.05, 0.1) is 32.0 Å². The second kappa shape index (κ2) is 10.5. The molecule has 38 heavy (non-hydrogen) atoms. The SMILES string of the molecule is COC(=O)C1CCN(C(=O)c2ccc(Nc3nccn4c(-c5ccc(OC)c(F)c5)cnc34)cc2C)CC1. The van der Waals surface area contributed by atoms with Gasteiger partial charge in [0.25, 0.3) is 5.91 Å². The maximum absolute atomic E-state index is 14.3. The number of fused-ring (bicyclic) bond motifs is 1. The number of ether oxygens (including phenoxy) is 2. The quantitative estimate of drug-likeness (QED) is 0.373. The molecule has 1 aliphatic heterocycles. The van der Waals surface area contributed by atoms with Crippen LogP contribution in [0.25, 0.3) is 16.9 Å². The lowest BCUT2D eigenvalue weighted by Crippen LogP contribution is -2.40. The summed E-state index contributed by atoms with van der Waals surface area (Å²) >= 11 is 0. The smallest absolute Gasteiger partial charge is 0.308 e. The molecule has 1 amide bonds. The Morgan fingerprint density at radius 2 is 1.87 bits per heavy atom. The van der Waals surface area contributed by atoms with Crippen molar-refractivity contribution in [1.29, 1.82) is 0 Å².